The highest BCUT2D eigenvalue weighted by Gasteiger charge is 2.09. The highest BCUT2D eigenvalue weighted by molar-refractivity contribution is 6.02. The van der Waals surface area contributed by atoms with Gasteiger partial charge >= 0.3 is 0 Å². The van der Waals surface area contributed by atoms with E-state index in [4.69, 9.17) is 5.84 Å². The number of benzene rings is 1. The Bertz CT molecular complexity index is 579. The second kappa shape index (κ2) is 5.40. The lowest BCUT2D eigenvalue weighted by Gasteiger charge is -2.06. The number of carbonyl (C=O) groups excluding carboxylic acids is 1. The van der Waals surface area contributed by atoms with E-state index in [-0.39, 0.29) is 5.69 Å². The van der Waals surface area contributed by atoms with Gasteiger partial charge in [-0.05, 0) is 30.7 Å². The summed E-state index contributed by atoms with van der Waals surface area (Å²) in [5.41, 5.74) is 3.49. The summed E-state index contributed by atoms with van der Waals surface area (Å²) in [5, 5.41) is 2.54. The number of rotatable bonds is 3. The summed E-state index contributed by atoms with van der Waals surface area (Å²) in [4.78, 5) is 19.6. The van der Waals surface area contributed by atoms with Gasteiger partial charge in [0.05, 0.1) is 12.4 Å². The molecule has 0 saturated heterocycles. The summed E-state index contributed by atoms with van der Waals surface area (Å²) < 4.78 is 13.2. The van der Waals surface area contributed by atoms with Gasteiger partial charge in [0.1, 0.15) is 11.5 Å². The standard InChI is InChI=1S/C12H12FN5O/c1-7-2-8(13)4-9(3-7)17-12(19)10-5-16-11(18-14)6-15-10/h2-6H,14H2,1H3,(H,16,18)(H,17,19). The second-order valence-electron chi connectivity index (χ2n) is 3.90. The van der Waals surface area contributed by atoms with Crippen LogP contribution in [0.15, 0.2) is 30.6 Å². The van der Waals surface area contributed by atoms with Crippen molar-refractivity contribution in [3.63, 3.8) is 0 Å². The molecule has 1 heterocycles. The first-order valence-corrected chi connectivity index (χ1v) is 5.45. The second-order valence-corrected chi connectivity index (χ2v) is 3.90. The fraction of sp³-hybridized carbons (Fsp3) is 0.0833. The molecule has 98 valence electrons. The molecule has 6 nitrogen and oxygen atoms in total. The smallest absolute Gasteiger partial charge is 0.275 e. The van der Waals surface area contributed by atoms with Gasteiger partial charge in [-0.1, -0.05) is 0 Å². The number of nitrogens with one attached hydrogen (secondary N) is 2. The number of amides is 1. The van der Waals surface area contributed by atoms with E-state index in [0.717, 1.165) is 0 Å². The predicted octanol–water partition coefficient (Wildman–Crippen LogP) is 1.46. The maximum Gasteiger partial charge on any atom is 0.275 e. The zero-order valence-corrected chi connectivity index (χ0v) is 10.1. The molecule has 2 rings (SSSR count). The largest absolute Gasteiger partial charge is 0.320 e. The fourth-order valence-corrected chi connectivity index (χ4v) is 1.52. The molecular weight excluding hydrogens is 249 g/mol. The molecule has 0 fully saturated rings. The molecule has 7 heteroatoms. The molecule has 0 aliphatic carbocycles. The fourth-order valence-electron chi connectivity index (χ4n) is 1.52. The molecule has 1 aromatic heterocycles. The monoisotopic (exact) mass is 261 g/mol. The van der Waals surface area contributed by atoms with Gasteiger partial charge in [-0.15, -0.1) is 0 Å². The van der Waals surface area contributed by atoms with E-state index in [9.17, 15) is 9.18 Å². The quantitative estimate of drug-likeness (QED) is 0.574. The molecule has 0 atom stereocenters. The number of halogens is 1. The molecule has 1 amide bonds. The molecule has 0 radical (unpaired) electrons. The van der Waals surface area contributed by atoms with Gasteiger partial charge in [0, 0.05) is 5.69 Å². The molecule has 4 N–H and O–H groups in total. The van der Waals surface area contributed by atoms with Crippen LogP contribution >= 0.6 is 0 Å². The molecule has 2 aromatic rings. The number of hydrazine groups is 1. The molecule has 0 aliphatic rings. The van der Waals surface area contributed by atoms with E-state index >= 15 is 0 Å². The minimum Gasteiger partial charge on any atom is -0.320 e. The average Bonchev–Trinajstić information content (AvgIpc) is 2.37. The number of nitrogens with zero attached hydrogens (tertiary/aromatic N) is 2. The van der Waals surface area contributed by atoms with Crippen molar-refractivity contribution in [3.05, 3.63) is 47.7 Å². The lowest BCUT2D eigenvalue weighted by atomic mass is 10.2. The van der Waals surface area contributed by atoms with Gasteiger partial charge in [-0.2, -0.15) is 0 Å². The van der Waals surface area contributed by atoms with E-state index < -0.39 is 11.7 Å². The van der Waals surface area contributed by atoms with Crippen molar-refractivity contribution in [1.82, 2.24) is 9.97 Å². The summed E-state index contributed by atoms with van der Waals surface area (Å²) in [6.45, 7) is 1.74. The van der Waals surface area contributed by atoms with Crippen molar-refractivity contribution in [3.8, 4) is 0 Å². The summed E-state index contributed by atoms with van der Waals surface area (Å²) in [6, 6.07) is 4.26. The first-order valence-electron chi connectivity index (χ1n) is 5.45. The van der Waals surface area contributed by atoms with Crippen LogP contribution < -0.4 is 16.6 Å². The molecular formula is C12H12FN5O. The molecule has 0 unspecified atom stereocenters. The molecule has 0 saturated carbocycles. The molecule has 0 aliphatic heterocycles. The third kappa shape index (κ3) is 3.23. The van der Waals surface area contributed by atoms with Crippen LogP contribution in [0.4, 0.5) is 15.9 Å². The van der Waals surface area contributed by atoms with Gasteiger partial charge in [0.15, 0.2) is 5.82 Å². The lowest BCUT2D eigenvalue weighted by molar-refractivity contribution is 0.102. The van der Waals surface area contributed by atoms with Crippen LogP contribution in [0.1, 0.15) is 16.1 Å². The SMILES string of the molecule is Cc1cc(F)cc(NC(=O)c2cnc(NN)cn2)c1. The average molecular weight is 261 g/mol. The molecule has 0 bridgehead atoms. The van der Waals surface area contributed by atoms with Gasteiger partial charge in [0.2, 0.25) is 0 Å². The van der Waals surface area contributed by atoms with E-state index in [1.54, 1.807) is 13.0 Å². The third-order valence-electron chi connectivity index (χ3n) is 2.33. The molecule has 19 heavy (non-hydrogen) atoms. The van der Waals surface area contributed by atoms with Crippen molar-refractivity contribution in [2.45, 2.75) is 6.92 Å². The lowest BCUT2D eigenvalue weighted by Crippen LogP contribution is -2.15. The minimum atomic E-state index is -0.471. The number of aryl methyl sites for hydroxylation is 1. The summed E-state index contributed by atoms with van der Waals surface area (Å²) >= 11 is 0. The van der Waals surface area contributed by atoms with Gasteiger partial charge < -0.3 is 10.7 Å². The van der Waals surface area contributed by atoms with Crippen molar-refractivity contribution in [2.75, 3.05) is 10.7 Å². The Morgan fingerprint density at radius 3 is 2.63 bits per heavy atom. The van der Waals surface area contributed by atoms with Crippen molar-refractivity contribution >= 4 is 17.4 Å². The zero-order valence-electron chi connectivity index (χ0n) is 10.1. The topological polar surface area (TPSA) is 92.9 Å². The van der Waals surface area contributed by atoms with E-state index in [1.165, 1.54) is 24.5 Å². The Balaban J connectivity index is 2.15. The predicted molar refractivity (Wildman–Crippen MR) is 68.9 cm³/mol. The number of hydrogen-bond acceptors (Lipinski definition) is 5. The van der Waals surface area contributed by atoms with Crippen LogP contribution in [-0.4, -0.2) is 15.9 Å². The number of carbonyl (C=O) groups is 1. The van der Waals surface area contributed by atoms with Gasteiger partial charge in [-0.3, -0.25) is 4.79 Å². The van der Waals surface area contributed by atoms with Crippen LogP contribution in [0.5, 0.6) is 0 Å². The number of aromatic nitrogens is 2. The van der Waals surface area contributed by atoms with Crippen LogP contribution in [0, 0.1) is 12.7 Å². The van der Waals surface area contributed by atoms with Crippen molar-refractivity contribution in [1.29, 1.82) is 0 Å². The van der Waals surface area contributed by atoms with Crippen LogP contribution in [-0.2, 0) is 0 Å². The van der Waals surface area contributed by atoms with Crippen LogP contribution in [0.2, 0.25) is 0 Å². The molecule has 1 aromatic carbocycles. The van der Waals surface area contributed by atoms with Gasteiger partial charge in [0.25, 0.3) is 5.91 Å². The first-order chi connectivity index (χ1) is 9.08. The number of anilines is 2. The Kier molecular flexibility index (Phi) is 3.67. The number of hydrogen-bond donors (Lipinski definition) is 3. The van der Waals surface area contributed by atoms with Gasteiger partial charge in [-0.25, -0.2) is 20.2 Å². The summed E-state index contributed by atoms with van der Waals surface area (Å²) in [7, 11) is 0. The molecule has 0 spiro atoms. The highest BCUT2D eigenvalue weighted by atomic mass is 19.1. The van der Waals surface area contributed by atoms with E-state index in [1.807, 2.05) is 0 Å². The normalized spacial score (nSPS) is 10.1. The minimum absolute atomic E-state index is 0.112. The van der Waals surface area contributed by atoms with Crippen molar-refractivity contribution in [2.24, 2.45) is 5.84 Å². The maximum atomic E-state index is 13.2. The zero-order chi connectivity index (χ0) is 13.8. The Labute approximate surface area is 108 Å². The van der Waals surface area contributed by atoms with Crippen molar-refractivity contribution < 1.29 is 9.18 Å². The highest BCUT2D eigenvalue weighted by Crippen LogP contribution is 2.14. The summed E-state index contributed by atoms with van der Waals surface area (Å²) in [6.07, 6.45) is 2.60. The Hall–Kier alpha value is -2.54. The number of nitrogens with two attached hydrogens (primary N) is 1. The van der Waals surface area contributed by atoms with Crippen LogP contribution in [0.3, 0.4) is 0 Å². The summed E-state index contributed by atoms with van der Waals surface area (Å²) in [5.74, 6) is 4.60. The van der Waals surface area contributed by atoms with Crippen LogP contribution in [0.25, 0.3) is 0 Å². The maximum absolute atomic E-state index is 13.2. The van der Waals surface area contributed by atoms with E-state index in [2.05, 4.69) is 20.7 Å². The Morgan fingerprint density at radius 2 is 2.05 bits per heavy atom. The Morgan fingerprint density at radius 1 is 1.26 bits per heavy atom. The third-order valence-corrected chi connectivity index (χ3v) is 2.33. The number of nitrogen functional groups attached to an aromatic ring is 1. The van der Waals surface area contributed by atoms with E-state index in [0.29, 0.717) is 17.1 Å². The first kappa shape index (κ1) is 12.9.